The van der Waals surface area contributed by atoms with Crippen molar-refractivity contribution in [3.8, 4) is 0 Å². The maximum absolute atomic E-state index is 13.2. The average Bonchev–Trinajstić information content (AvgIpc) is 3.20. The molecule has 3 aromatic carbocycles. The maximum atomic E-state index is 13.2. The van der Waals surface area contributed by atoms with Crippen LogP contribution in [-0.4, -0.2) is 9.38 Å². The molecule has 0 N–H and O–H groups in total. The molecule has 6 rings (SSSR count). The van der Waals surface area contributed by atoms with Crippen molar-refractivity contribution in [1.82, 2.24) is 9.38 Å². The van der Waals surface area contributed by atoms with Crippen molar-refractivity contribution in [3.63, 3.8) is 0 Å². The topological polar surface area (TPSA) is 34.4 Å². The Morgan fingerprint density at radius 2 is 1.52 bits per heavy atom. The lowest BCUT2D eigenvalue weighted by atomic mass is 10.1. The van der Waals surface area contributed by atoms with Gasteiger partial charge in [-0.15, -0.1) is 11.3 Å². The second-order valence-corrected chi connectivity index (χ2v) is 8.07. The Morgan fingerprint density at radius 1 is 0.760 bits per heavy atom. The minimum atomic E-state index is 0.0109. The van der Waals surface area contributed by atoms with E-state index in [0.29, 0.717) is 0 Å². The van der Waals surface area contributed by atoms with Gasteiger partial charge in [-0.1, -0.05) is 47.7 Å². The number of nitrogens with zero attached hydrogens (tertiary/aromatic N) is 2. The van der Waals surface area contributed by atoms with Gasteiger partial charge < -0.3 is 0 Å². The predicted octanol–water partition coefficient (Wildman–Crippen LogP) is 5.43. The average molecular weight is 358 g/mol. The largest absolute Gasteiger partial charge is 0.268 e. The first kappa shape index (κ1) is 13.5. The van der Waals surface area contributed by atoms with Crippen LogP contribution in [-0.2, 0) is 0 Å². The zero-order valence-electron chi connectivity index (χ0n) is 12.9. The van der Waals surface area contributed by atoms with E-state index in [-0.39, 0.29) is 5.56 Å². The van der Waals surface area contributed by atoms with Crippen molar-refractivity contribution in [2.75, 3.05) is 0 Å². The normalized spacial score (nSPS) is 12.2. The number of benzene rings is 3. The van der Waals surface area contributed by atoms with Crippen molar-refractivity contribution < 1.29 is 0 Å². The van der Waals surface area contributed by atoms with E-state index in [1.54, 1.807) is 27.1 Å². The number of rotatable bonds is 0. The zero-order valence-corrected chi connectivity index (χ0v) is 14.5. The van der Waals surface area contributed by atoms with Gasteiger partial charge in [0.05, 0.1) is 25.8 Å². The summed E-state index contributed by atoms with van der Waals surface area (Å²) in [5.74, 6) is 0. The molecule has 5 heteroatoms. The molecule has 6 aromatic rings. The van der Waals surface area contributed by atoms with Crippen LogP contribution in [0, 0.1) is 0 Å². The van der Waals surface area contributed by atoms with E-state index >= 15 is 0 Å². The fourth-order valence-corrected chi connectivity index (χ4v) is 5.98. The van der Waals surface area contributed by atoms with Gasteiger partial charge in [0.15, 0.2) is 4.96 Å². The Labute approximate surface area is 149 Å². The molecule has 0 aliphatic carbocycles. The van der Waals surface area contributed by atoms with Gasteiger partial charge in [0.25, 0.3) is 5.56 Å². The zero-order chi connectivity index (χ0) is 16.5. The molecule has 25 heavy (non-hydrogen) atoms. The first-order chi connectivity index (χ1) is 12.3. The summed E-state index contributed by atoms with van der Waals surface area (Å²) in [5.41, 5.74) is 1.74. The number of hydrogen-bond donors (Lipinski definition) is 0. The van der Waals surface area contributed by atoms with E-state index in [4.69, 9.17) is 0 Å². The number of hydrogen-bond acceptors (Lipinski definition) is 4. The smallest absolute Gasteiger partial charge is 0.266 e. The monoisotopic (exact) mass is 358 g/mol. The summed E-state index contributed by atoms with van der Waals surface area (Å²) in [6.07, 6.45) is 0. The highest BCUT2D eigenvalue weighted by Crippen LogP contribution is 2.39. The lowest BCUT2D eigenvalue weighted by molar-refractivity contribution is 1.20. The minimum absolute atomic E-state index is 0.0109. The number of imidazole rings is 1. The predicted molar refractivity (Wildman–Crippen MR) is 107 cm³/mol. The first-order valence-corrected chi connectivity index (χ1v) is 9.59. The Kier molecular flexibility index (Phi) is 2.52. The first-order valence-electron chi connectivity index (χ1n) is 7.95. The third-order valence-electron chi connectivity index (χ3n) is 4.66. The summed E-state index contributed by atoms with van der Waals surface area (Å²) < 4.78 is 5.20. The number of aromatic nitrogens is 2. The summed E-state index contributed by atoms with van der Waals surface area (Å²) >= 11 is 3.35. The Morgan fingerprint density at radius 3 is 2.48 bits per heavy atom. The number of para-hydroxylation sites is 2. The molecule has 3 heterocycles. The molecule has 0 aliphatic heterocycles. The van der Waals surface area contributed by atoms with Crippen molar-refractivity contribution >= 4 is 68.9 Å². The van der Waals surface area contributed by atoms with Gasteiger partial charge in [-0.25, -0.2) is 9.38 Å². The van der Waals surface area contributed by atoms with Crippen LogP contribution in [0.25, 0.3) is 46.3 Å². The molecule has 0 unspecified atom stereocenters. The Bertz CT molecular complexity index is 1520. The lowest BCUT2D eigenvalue weighted by Crippen LogP contribution is -2.11. The molecule has 0 saturated heterocycles. The fraction of sp³-hybridized carbons (Fsp3) is 0. The van der Waals surface area contributed by atoms with E-state index in [9.17, 15) is 4.79 Å². The molecule has 0 aliphatic rings. The number of thiophene rings is 1. The summed E-state index contributed by atoms with van der Waals surface area (Å²) in [5, 5.41) is 3.22. The van der Waals surface area contributed by atoms with Gasteiger partial charge in [0, 0.05) is 15.5 Å². The Hall–Kier alpha value is -2.76. The standard InChI is InChI=1S/C20H10N2OS2/c23-19-13-10-9-12-11-5-1-4-8-16(11)24-17(12)18(13)25-20-21-14-6-2-3-7-15(14)22(19)20/h1-10H. The van der Waals surface area contributed by atoms with E-state index in [1.807, 2.05) is 30.3 Å². The van der Waals surface area contributed by atoms with Crippen LogP contribution in [0.5, 0.6) is 0 Å². The molecule has 3 aromatic heterocycles. The Balaban J connectivity index is 1.91. The van der Waals surface area contributed by atoms with Crippen LogP contribution < -0.4 is 5.56 Å². The van der Waals surface area contributed by atoms with Crippen molar-refractivity contribution in [1.29, 1.82) is 0 Å². The summed E-state index contributed by atoms with van der Waals surface area (Å²) in [7, 11) is 0. The van der Waals surface area contributed by atoms with Gasteiger partial charge in [-0.2, -0.15) is 0 Å². The quantitative estimate of drug-likeness (QED) is 0.363. The molecule has 0 amide bonds. The molecule has 0 spiro atoms. The minimum Gasteiger partial charge on any atom is -0.268 e. The molecule has 0 radical (unpaired) electrons. The van der Waals surface area contributed by atoms with Crippen LogP contribution in [0.3, 0.4) is 0 Å². The van der Waals surface area contributed by atoms with Crippen LogP contribution in [0.2, 0.25) is 0 Å². The molecule has 0 bridgehead atoms. The molecule has 0 atom stereocenters. The highest BCUT2D eigenvalue weighted by molar-refractivity contribution is 7.32. The van der Waals surface area contributed by atoms with Crippen molar-refractivity contribution in [2.24, 2.45) is 0 Å². The van der Waals surface area contributed by atoms with Crippen LogP contribution >= 0.6 is 22.7 Å². The highest BCUT2D eigenvalue weighted by Gasteiger charge is 2.15. The van der Waals surface area contributed by atoms with Gasteiger partial charge >= 0.3 is 0 Å². The van der Waals surface area contributed by atoms with Crippen LogP contribution in [0.15, 0.2) is 65.5 Å². The van der Waals surface area contributed by atoms with Crippen molar-refractivity contribution in [3.05, 3.63) is 71.0 Å². The third-order valence-corrected chi connectivity index (χ3v) is 7.08. The fourth-order valence-electron chi connectivity index (χ4n) is 3.51. The SMILES string of the molecule is O=c1c2ccc3c4ccccc4sc3c2sc2nc3ccccc3n12. The third kappa shape index (κ3) is 1.69. The highest BCUT2D eigenvalue weighted by atomic mass is 32.1. The molecular weight excluding hydrogens is 348 g/mol. The molecule has 118 valence electrons. The van der Waals surface area contributed by atoms with Gasteiger partial charge in [0.1, 0.15) is 0 Å². The van der Waals surface area contributed by atoms with E-state index < -0.39 is 0 Å². The second-order valence-electron chi connectivity index (χ2n) is 6.04. The summed E-state index contributed by atoms with van der Waals surface area (Å²) in [6, 6.07) is 20.2. The molecule has 0 fully saturated rings. The van der Waals surface area contributed by atoms with Crippen LogP contribution in [0.1, 0.15) is 0 Å². The van der Waals surface area contributed by atoms with E-state index in [2.05, 4.69) is 35.3 Å². The maximum Gasteiger partial charge on any atom is 0.266 e. The molecule has 3 nitrogen and oxygen atoms in total. The lowest BCUT2D eigenvalue weighted by Gasteiger charge is -2.00. The molecule has 0 saturated carbocycles. The van der Waals surface area contributed by atoms with Gasteiger partial charge in [0.2, 0.25) is 0 Å². The summed E-state index contributed by atoms with van der Waals surface area (Å²) in [6.45, 7) is 0. The molecular formula is C20H10N2OS2. The number of fused-ring (bicyclic) bond motifs is 8. The van der Waals surface area contributed by atoms with Gasteiger partial charge in [-0.3, -0.25) is 4.79 Å². The van der Waals surface area contributed by atoms with Crippen LogP contribution in [0.4, 0.5) is 0 Å². The van der Waals surface area contributed by atoms with E-state index in [0.717, 1.165) is 26.1 Å². The van der Waals surface area contributed by atoms with Gasteiger partial charge in [-0.05, 0) is 24.3 Å². The summed E-state index contributed by atoms with van der Waals surface area (Å²) in [4.78, 5) is 18.6. The van der Waals surface area contributed by atoms with Crippen molar-refractivity contribution in [2.45, 2.75) is 0 Å². The van der Waals surface area contributed by atoms with E-state index in [1.165, 1.54) is 20.2 Å². The second kappa shape index (κ2) is 4.65.